The van der Waals surface area contributed by atoms with Crippen molar-refractivity contribution in [3.63, 3.8) is 0 Å². The Morgan fingerprint density at radius 3 is 1.88 bits per heavy atom. The Labute approximate surface area is 292 Å². The van der Waals surface area contributed by atoms with Crippen molar-refractivity contribution < 1.29 is 23.3 Å². The third kappa shape index (κ3) is 7.95. The molecule has 0 amide bonds. The maximum absolute atomic E-state index is 16.3. The largest absolute Gasteiger partial charge is 0.489 e. The molecule has 49 heavy (non-hydrogen) atoms. The molecule has 0 spiro atoms. The number of aryl methyl sites for hydroxylation is 1. The summed E-state index contributed by atoms with van der Waals surface area (Å²) in [6.45, 7) is 4.84. The van der Waals surface area contributed by atoms with Gasteiger partial charge in [0.25, 0.3) is 0 Å². The molecule has 0 radical (unpaired) electrons. The van der Waals surface area contributed by atoms with E-state index in [9.17, 15) is 0 Å². The van der Waals surface area contributed by atoms with Crippen LogP contribution in [-0.4, -0.2) is 24.5 Å². The number of hydrogen-bond acceptors (Lipinski definition) is 5. The molecule has 6 aromatic rings. The topological polar surface area (TPSA) is 36.9 Å². The van der Waals surface area contributed by atoms with Gasteiger partial charge in [0.2, 0.25) is 0 Å². The van der Waals surface area contributed by atoms with Crippen LogP contribution in [0.2, 0.25) is 0 Å². The number of benzene rings is 5. The van der Waals surface area contributed by atoms with Gasteiger partial charge in [-0.05, 0) is 71.3 Å². The molecule has 5 aromatic carbocycles. The third-order valence-corrected chi connectivity index (χ3v) is 10.3. The second-order valence-corrected chi connectivity index (χ2v) is 13.9. The van der Waals surface area contributed by atoms with E-state index in [4.69, 9.17) is 18.9 Å². The fraction of sp³-hybridized carbons (Fsp3) is 0.256. The van der Waals surface area contributed by atoms with Gasteiger partial charge in [-0.25, -0.2) is 4.39 Å². The lowest BCUT2D eigenvalue weighted by Crippen LogP contribution is -2.53. The van der Waals surface area contributed by atoms with Gasteiger partial charge >= 0.3 is 0 Å². The van der Waals surface area contributed by atoms with Crippen LogP contribution in [0.15, 0.2) is 133 Å². The lowest BCUT2D eigenvalue weighted by molar-refractivity contribution is -0.236. The van der Waals surface area contributed by atoms with Crippen LogP contribution in [0.3, 0.4) is 0 Å². The van der Waals surface area contributed by atoms with Crippen molar-refractivity contribution in [3.05, 3.63) is 172 Å². The number of alkyl halides is 1. The van der Waals surface area contributed by atoms with Crippen molar-refractivity contribution in [1.82, 2.24) is 0 Å². The second-order valence-electron chi connectivity index (χ2n) is 12.7. The lowest BCUT2D eigenvalue weighted by atomic mass is 9.89. The van der Waals surface area contributed by atoms with E-state index >= 15 is 4.39 Å². The highest BCUT2D eigenvalue weighted by molar-refractivity contribution is 7.19. The molecule has 0 bridgehead atoms. The molecule has 2 heterocycles. The van der Waals surface area contributed by atoms with Crippen molar-refractivity contribution in [2.24, 2.45) is 0 Å². The molecule has 5 atom stereocenters. The fourth-order valence-electron chi connectivity index (χ4n) is 6.49. The van der Waals surface area contributed by atoms with Crippen LogP contribution in [-0.2, 0) is 40.5 Å². The molecule has 250 valence electrons. The Morgan fingerprint density at radius 2 is 1.24 bits per heavy atom. The predicted octanol–water partition coefficient (Wildman–Crippen LogP) is 10.3. The summed E-state index contributed by atoms with van der Waals surface area (Å²) in [7, 11) is 0. The molecular weight excluding hydrogens is 632 g/mol. The minimum atomic E-state index is -1.39. The monoisotopic (exact) mass is 672 g/mol. The number of hydrogen-bond donors (Lipinski definition) is 0. The van der Waals surface area contributed by atoms with Gasteiger partial charge in [0, 0.05) is 21.6 Å². The summed E-state index contributed by atoms with van der Waals surface area (Å²) in [6.07, 6.45) is -3.61. The average molecular weight is 673 g/mol. The van der Waals surface area contributed by atoms with Crippen LogP contribution in [0, 0.1) is 6.92 Å². The summed E-state index contributed by atoms with van der Waals surface area (Å²) in [4.78, 5) is 1.27. The predicted molar refractivity (Wildman–Crippen MR) is 195 cm³/mol. The zero-order valence-electron chi connectivity index (χ0n) is 27.8. The molecular formula is C43H41FO4S. The van der Waals surface area contributed by atoms with Crippen molar-refractivity contribution in [3.8, 4) is 5.75 Å². The highest BCUT2D eigenvalue weighted by Crippen LogP contribution is 2.43. The summed E-state index contributed by atoms with van der Waals surface area (Å²) in [5.41, 5.74) is 6.14. The second kappa shape index (κ2) is 15.5. The molecule has 0 saturated carbocycles. The van der Waals surface area contributed by atoms with Crippen LogP contribution >= 0.6 is 11.3 Å². The Bertz CT molecular complexity index is 1910. The van der Waals surface area contributed by atoms with Gasteiger partial charge in [-0.3, -0.25) is 0 Å². The van der Waals surface area contributed by atoms with E-state index in [1.165, 1.54) is 15.0 Å². The molecule has 1 aliphatic rings. The Hall–Kier alpha value is -4.33. The number of halogens is 1. The highest BCUT2D eigenvalue weighted by Gasteiger charge is 2.48. The molecule has 4 nitrogen and oxygen atoms in total. The van der Waals surface area contributed by atoms with E-state index in [-0.39, 0.29) is 6.61 Å². The first kappa shape index (κ1) is 33.2. The first-order valence-electron chi connectivity index (χ1n) is 16.9. The lowest BCUT2D eigenvalue weighted by Gasteiger charge is -2.43. The van der Waals surface area contributed by atoms with E-state index in [1.807, 2.05) is 90.2 Å². The number of fused-ring (bicyclic) bond motifs is 1. The van der Waals surface area contributed by atoms with E-state index < -0.39 is 30.6 Å². The molecule has 1 aromatic heterocycles. The first-order chi connectivity index (χ1) is 24.0. The first-order valence-corrected chi connectivity index (χ1v) is 17.7. The van der Waals surface area contributed by atoms with Gasteiger partial charge in [-0.2, -0.15) is 0 Å². The normalized spacial score (nSPS) is 20.8. The zero-order valence-corrected chi connectivity index (χ0v) is 28.7. The fourth-order valence-corrected chi connectivity index (χ4v) is 7.57. The SMILES string of the molecule is Cc1cc(OCc2ccccc2)c([C@@H]2O[C@H](C)[C@@H](F)[C@H](OCc3ccccc3)[C@H]2OCc2ccccc2)cc1Cc1cc2ccccc2s1. The Balaban J connectivity index is 1.27. The standard InChI is InChI=1S/C43H41FO4S/c1-29-22-38(45-26-31-14-6-3-7-15-31)37(25-35(29)24-36-23-34-20-12-13-21-39(34)49-36)41-43(47-28-33-18-10-5-11-19-33)42(40(44)30(2)48-41)46-27-32-16-8-4-9-17-32/h3-23,25,30,40-43H,24,26-28H2,1-2H3/t30-,40-,41+,42+,43+/m1/s1. The van der Waals surface area contributed by atoms with Crippen molar-refractivity contribution in [1.29, 1.82) is 0 Å². The van der Waals surface area contributed by atoms with Gasteiger partial charge in [-0.1, -0.05) is 109 Å². The third-order valence-electron chi connectivity index (χ3n) is 9.17. The quantitative estimate of drug-likeness (QED) is 0.130. The van der Waals surface area contributed by atoms with Crippen molar-refractivity contribution in [2.75, 3.05) is 0 Å². The van der Waals surface area contributed by atoms with Gasteiger partial charge < -0.3 is 18.9 Å². The summed E-state index contributed by atoms with van der Waals surface area (Å²) in [5.74, 6) is 0.700. The van der Waals surface area contributed by atoms with Crippen molar-refractivity contribution in [2.45, 2.75) is 70.7 Å². The molecule has 1 saturated heterocycles. The van der Waals surface area contributed by atoms with E-state index in [0.29, 0.717) is 19.0 Å². The summed E-state index contributed by atoms with van der Waals surface area (Å²) < 4.78 is 43.8. The zero-order chi connectivity index (χ0) is 33.6. The Morgan fingerprint density at radius 1 is 0.673 bits per heavy atom. The average Bonchev–Trinajstić information content (AvgIpc) is 3.55. The molecule has 6 heteroatoms. The van der Waals surface area contributed by atoms with Crippen LogP contribution in [0.1, 0.15) is 51.3 Å². The number of ether oxygens (including phenoxy) is 4. The van der Waals surface area contributed by atoms with Gasteiger partial charge in [-0.15, -0.1) is 11.3 Å². The van der Waals surface area contributed by atoms with Crippen molar-refractivity contribution >= 4 is 21.4 Å². The Kier molecular flexibility index (Phi) is 10.5. The minimum Gasteiger partial charge on any atom is -0.489 e. The van der Waals surface area contributed by atoms with Crippen LogP contribution in [0.5, 0.6) is 5.75 Å². The molecule has 7 rings (SSSR count). The number of thiophene rings is 1. The summed E-state index contributed by atoms with van der Waals surface area (Å²) in [5, 5.41) is 1.24. The molecule has 0 N–H and O–H groups in total. The van der Waals surface area contributed by atoms with Crippen LogP contribution in [0.4, 0.5) is 4.39 Å². The van der Waals surface area contributed by atoms with Gasteiger partial charge in [0.1, 0.15) is 30.7 Å². The van der Waals surface area contributed by atoms with E-state index in [1.54, 1.807) is 6.92 Å². The summed E-state index contributed by atoms with van der Waals surface area (Å²) >= 11 is 1.81. The van der Waals surface area contributed by atoms with Crippen LogP contribution in [0.25, 0.3) is 10.1 Å². The van der Waals surface area contributed by atoms with Crippen LogP contribution < -0.4 is 4.74 Å². The maximum Gasteiger partial charge on any atom is 0.155 e. The smallest absolute Gasteiger partial charge is 0.155 e. The van der Waals surface area contributed by atoms with Gasteiger partial charge in [0.05, 0.1) is 19.3 Å². The number of rotatable bonds is 12. The molecule has 0 aliphatic carbocycles. The highest BCUT2D eigenvalue weighted by atomic mass is 32.1. The van der Waals surface area contributed by atoms with Gasteiger partial charge in [0.15, 0.2) is 6.17 Å². The van der Waals surface area contributed by atoms with E-state index in [0.717, 1.165) is 39.8 Å². The maximum atomic E-state index is 16.3. The molecule has 0 unspecified atom stereocenters. The molecule has 1 aliphatic heterocycles. The van der Waals surface area contributed by atoms with E-state index in [2.05, 4.69) is 61.5 Å². The molecule has 1 fully saturated rings. The minimum absolute atomic E-state index is 0.263. The summed E-state index contributed by atoms with van der Waals surface area (Å²) in [6, 6.07) is 45.0.